The molecule has 0 aliphatic carbocycles. The summed E-state index contributed by atoms with van der Waals surface area (Å²) in [6.07, 6.45) is -1.83. The van der Waals surface area contributed by atoms with Crippen molar-refractivity contribution < 1.29 is 45.1 Å². The van der Waals surface area contributed by atoms with Gasteiger partial charge >= 0.3 is 29.2 Å². The first kappa shape index (κ1) is 25.2. The van der Waals surface area contributed by atoms with Gasteiger partial charge in [-0.05, 0) is 0 Å². The molecule has 0 saturated carbocycles. The van der Waals surface area contributed by atoms with Crippen molar-refractivity contribution in [2.24, 2.45) is 0 Å². The summed E-state index contributed by atoms with van der Waals surface area (Å²) >= 11 is 0. The average molecular weight is 154 g/mol. The third-order valence-electron chi connectivity index (χ3n) is 0. The Kier molecular flexibility index (Phi) is 57.3. The quantitative estimate of drug-likeness (QED) is 0.449. The zero-order valence-corrected chi connectivity index (χ0v) is 6.49. The molecule has 0 aromatic carbocycles. The number of carbonyl (C=O) groups is 1. The Labute approximate surface area is 74.2 Å². The predicted molar refractivity (Wildman–Crippen MR) is 22.2 cm³/mol. The average Bonchev–Trinajstić information content (AvgIpc) is 0.811. The van der Waals surface area contributed by atoms with E-state index in [4.69, 9.17) is 15.0 Å². The van der Waals surface area contributed by atoms with E-state index in [0.29, 0.717) is 0 Å². The molecule has 4 nitrogen and oxygen atoms in total. The minimum atomic E-state index is -1.83. The fourth-order valence-corrected chi connectivity index (χ4v) is 0. The Morgan fingerprint density at radius 1 is 1.43 bits per heavy atom. The van der Waals surface area contributed by atoms with Crippen LogP contribution in [-0.2, 0) is 21.7 Å². The van der Waals surface area contributed by atoms with Gasteiger partial charge in [-0.25, -0.2) is 4.79 Å². The van der Waals surface area contributed by atoms with E-state index < -0.39 is 6.16 Å². The molecule has 0 radical (unpaired) electrons. The molecule has 0 aliphatic heterocycles. The normalized spacial score (nSPS) is 3.43. The van der Waals surface area contributed by atoms with Gasteiger partial charge in [-0.3, -0.25) is 0 Å². The second-order valence-electron chi connectivity index (χ2n) is 0.283. The van der Waals surface area contributed by atoms with Gasteiger partial charge in [-0.2, -0.15) is 0 Å². The maximum atomic E-state index is 8.56. The van der Waals surface area contributed by atoms with E-state index in [2.05, 4.69) is 0 Å². The van der Waals surface area contributed by atoms with Crippen LogP contribution in [0.5, 0.6) is 0 Å². The molecule has 0 amide bonds. The van der Waals surface area contributed by atoms with Crippen LogP contribution in [0.2, 0.25) is 0 Å². The molecule has 0 aliphatic rings. The van der Waals surface area contributed by atoms with Crippen LogP contribution in [-0.4, -0.2) is 44.9 Å². The van der Waals surface area contributed by atoms with E-state index >= 15 is 0 Å². The first-order chi connectivity index (χ1) is 1.73. The summed E-state index contributed by atoms with van der Waals surface area (Å²) in [5, 5.41) is 13.9. The van der Waals surface area contributed by atoms with Crippen molar-refractivity contribution in [3.8, 4) is 0 Å². The smallest absolute Gasteiger partial charge is 1.00 e. The molecule has 0 aromatic heterocycles. The summed E-state index contributed by atoms with van der Waals surface area (Å²) in [4.78, 5) is 8.56. The van der Waals surface area contributed by atoms with Crippen LogP contribution < -0.4 is 0 Å². The number of hydrogen-bond acceptors (Lipinski definition) is 1. The third-order valence-corrected chi connectivity index (χ3v) is 0. The van der Waals surface area contributed by atoms with Gasteiger partial charge in [0, 0.05) is 21.7 Å². The van der Waals surface area contributed by atoms with E-state index in [1.165, 1.54) is 0 Å². The van der Waals surface area contributed by atoms with Crippen molar-refractivity contribution in [2.45, 2.75) is 0 Å². The molecular formula is CH6MgO4Ti. The fourth-order valence-electron chi connectivity index (χ4n) is 0. The molecule has 6 heteroatoms. The molecule has 0 fully saturated rings. The number of hydrogen-bond donors (Lipinski definition) is 2. The zero-order valence-electron chi connectivity index (χ0n) is 5.51. The summed E-state index contributed by atoms with van der Waals surface area (Å²) in [5.74, 6) is 0. The Morgan fingerprint density at radius 3 is 1.43 bits per heavy atom. The van der Waals surface area contributed by atoms with E-state index in [9.17, 15) is 0 Å². The van der Waals surface area contributed by atoms with Crippen molar-refractivity contribution in [1.29, 1.82) is 0 Å². The Hall–Kier alpha value is 0.711. The van der Waals surface area contributed by atoms with E-state index in [1.807, 2.05) is 0 Å². The topological polar surface area (TPSA) is 89.0 Å². The van der Waals surface area contributed by atoms with E-state index in [-0.39, 0.29) is 53.1 Å². The standard InChI is InChI=1S/CH2O3.Mg.H2O.Ti.2H/c2-1(3)4;;;;;/h(H2,2,3,4);;1H2;;;/q;+2;;;2*-1. The second-order valence-corrected chi connectivity index (χ2v) is 0.283. The molecule has 0 aromatic rings. The van der Waals surface area contributed by atoms with Crippen LogP contribution in [0.15, 0.2) is 0 Å². The molecule has 0 heterocycles. The molecule has 0 rings (SSSR count). The van der Waals surface area contributed by atoms with E-state index in [1.54, 1.807) is 0 Å². The SMILES string of the molecule is O.O=C(O)O.[H-].[H-].[Mg+2].[Ti]. The van der Waals surface area contributed by atoms with Crippen molar-refractivity contribution in [3.05, 3.63) is 0 Å². The molecule has 0 atom stereocenters. The number of rotatable bonds is 0. The van der Waals surface area contributed by atoms with Crippen molar-refractivity contribution >= 4 is 29.2 Å². The summed E-state index contributed by atoms with van der Waals surface area (Å²) in [6.45, 7) is 0. The van der Waals surface area contributed by atoms with E-state index in [0.717, 1.165) is 0 Å². The van der Waals surface area contributed by atoms with Crippen LogP contribution in [0, 0.1) is 0 Å². The Balaban J connectivity index is -0.00000000450. The van der Waals surface area contributed by atoms with Crippen LogP contribution in [0.25, 0.3) is 0 Å². The molecular weight excluding hydrogens is 148 g/mol. The van der Waals surface area contributed by atoms with Gasteiger partial charge in [0.2, 0.25) is 0 Å². The van der Waals surface area contributed by atoms with Gasteiger partial charge in [0.05, 0.1) is 0 Å². The van der Waals surface area contributed by atoms with Gasteiger partial charge in [-0.1, -0.05) is 0 Å². The Morgan fingerprint density at radius 2 is 1.43 bits per heavy atom. The molecule has 4 N–H and O–H groups in total. The van der Waals surface area contributed by atoms with Crippen molar-refractivity contribution in [2.75, 3.05) is 0 Å². The van der Waals surface area contributed by atoms with Gasteiger partial charge in [0.15, 0.2) is 0 Å². The Bertz CT molecular complexity index is 41.5. The second kappa shape index (κ2) is 15.9. The van der Waals surface area contributed by atoms with Crippen LogP contribution in [0.4, 0.5) is 4.79 Å². The molecule has 7 heavy (non-hydrogen) atoms. The minimum Gasteiger partial charge on any atom is -1.00 e. The van der Waals surface area contributed by atoms with Crippen LogP contribution in [0.1, 0.15) is 2.85 Å². The fraction of sp³-hybridized carbons (Fsp3) is 0. The maximum absolute atomic E-state index is 8.56. The molecule has 0 unspecified atom stereocenters. The van der Waals surface area contributed by atoms with Gasteiger partial charge in [-0.15, -0.1) is 0 Å². The minimum absolute atomic E-state index is 0. The largest absolute Gasteiger partial charge is 2.00 e. The van der Waals surface area contributed by atoms with Gasteiger partial charge < -0.3 is 18.5 Å². The first-order valence-corrected chi connectivity index (χ1v) is 0.651. The molecule has 0 spiro atoms. The summed E-state index contributed by atoms with van der Waals surface area (Å²) in [7, 11) is 0. The summed E-state index contributed by atoms with van der Waals surface area (Å²) in [5.41, 5.74) is 0. The maximum Gasteiger partial charge on any atom is 2.00 e. The van der Waals surface area contributed by atoms with Crippen molar-refractivity contribution in [1.82, 2.24) is 0 Å². The summed E-state index contributed by atoms with van der Waals surface area (Å²) in [6, 6.07) is 0. The van der Waals surface area contributed by atoms with Crippen LogP contribution in [0.3, 0.4) is 0 Å². The van der Waals surface area contributed by atoms with Gasteiger partial charge in [0.25, 0.3) is 0 Å². The van der Waals surface area contributed by atoms with Crippen LogP contribution >= 0.6 is 0 Å². The monoisotopic (exact) mass is 154 g/mol. The first-order valence-electron chi connectivity index (χ1n) is 0.651. The van der Waals surface area contributed by atoms with Crippen molar-refractivity contribution in [3.63, 3.8) is 0 Å². The molecule has 40 valence electrons. The molecule has 0 saturated heterocycles. The zero-order chi connectivity index (χ0) is 3.58. The summed E-state index contributed by atoms with van der Waals surface area (Å²) < 4.78 is 0. The third kappa shape index (κ3) is 295. The molecule has 0 bridgehead atoms. The van der Waals surface area contributed by atoms with Gasteiger partial charge in [0.1, 0.15) is 0 Å². The number of carboxylic acid groups (broad SMARTS) is 2. The predicted octanol–water partition coefficient (Wildman–Crippen LogP) is -0.761.